The summed E-state index contributed by atoms with van der Waals surface area (Å²) in [6.45, 7) is -0.0413. The van der Waals surface area contributed by atoms with Crippen molar-refractivity contribution in [2.75, 3.05) is 32.5 Å². The molecule has 0 spiro atoms. The SMILES string of the molecule is COC(=O)CCN(C)S(=O)(=O)Nc1ccc(F)c(OC)c1. The van der Waals surface area contributed by atoms with Crippen LogP contribution in [0.3, 0.4) is 0 Å². The number of methoxy groups -OCH3 is 2. The van der Waals surface area contributed by atoms with E-state index in [1.807, 2.05) is 0 Å². The van der Waals surface area contributed by atoms with Crippen LogP contribution in [0, 0.1) is 5.82 Å². The highest BCUT2D eigenvalue weighted by molar-refractivity contribution is 7.90. The van der Waals surface area contributed by atoms with Crippen molar-refractivity contribution in [2.24, 2.45) is 0 Å². The zero-order valence-corrected chi connectivity index (χ0v) is 12.7. The Labute approximate surface area is 122 Å². The van der Waals surface area contributed by atoms with Gasteiger partial charge in [-0.1, -0.05) is 0 Å². The van der Waals surface area contributed by atoms with Crippen molar-refractivity contribution < 1.29 is 27.1 Å². The number of carbonyl (C=O) groups excluding carboxylic acids is 1. The highest BCUT2D eigenvalue weighted by Gasteiger charge is 2.19. The predicted molar refractivity (Wildman–Crippen MR) is 74.8 cm³/mol. The Kier molecular flexibility index (Phi) is 5.91. The first-order valence-electron chi connectivity index (χ1n) is 5.94. The zero-order valence-electron chi connectivity index (χ0n) is 11.9. The first-order valence-corrected chi connectivity index (χ1v) is 7.38. The normalized spacial score (nSPS) is 11.3. The van der Waals surface area contributed by atoms with E-state index in [0.29, 0.717) is 0 Å². The van der Waals surface area contributed by atoms with E-state index in [1.165, 1.54) is 33.4 Å². The number of nitrogens with one attached hydrogen (secondary N) is 1. The van der Waals surface area contributed by atoms with E-state index in [2.05, 4.69) is 9.46 Å². The molecular formula is C12H17FN2O5S. The Morgan fingerprint density at radius 2 is 2.05 bits per heavy atom. The number of anilines is 1. The Bertz CT molecular complexity index is 606. The Hall–Kier alpha value is -1.87. The quantitative estimate of drug-likeness (QED) is 0.757. The summed E-state index contributed by atoms with van der Waals surface area (Å²) < 4.78 is 49.7. The molecule has 7 nitrogen and oxygen atoms in total. The molecule has 0 aliphatic heterocycles. The minimum absolute atomic E-state index is 0.0413. The number of hydrogen-bond acceptors (Lipinski definition) is 5. The molecule has 0 unspecified atom stereocenters. The van der Waals surface area contributed by atoms with Crippen LogP contribution in [0.5, 0.6) is 5.75 Å². The van der Waals surface area contributed by atoms with Gasteiger partial charge in [0.2, 0.25) is 0 Å². The van der Waals surface area contributed by atoms with Crippen molar-refractivity contribution in [3.05, 3.63) is 24.0 Å². The fraction of sp³-hybridized carbons (Fsp3) is 0.417. The number of halogens is 1. The maximum atomic E-state index is 13.2. The molecule has 0 aromatic heterocycles. The maximum Gasteiger partial charge on any atom is 0.306 e. The lowest BCUT2D eigenvalue weighted by atomic mass is 10.3. The van der Waals surface area contributed by atoms with Gasteiger partial charge in [-0.2, -0.15) is 12.7 Å². The van der Waals surface area contributed by atoms with Crippen LogP contribution in [0.25, 0.3) is 0 Å². The molecule has 1 rings (SSSR count). The van der Waals surface area contributed by atoms with Gasteiger partial charge in [0.15, 0.2) is 11.6 Å². The Morgan fingerprint density at radius 1 is 1.38 bits per heavy atom. The Morgan fingerprint density at radius 3 is 2.62 bits per heavy atom. The molecule has 118 valence electrons. The van der Waals surface area contributed by atoms with E-state index < -0.39 is 22.0 Å². The topological polar surface area (TPSA) is 84.9 Å². The molecule has 9 heteroatoms. The molecular weight excluding hydrogens is 303 g/mol. The van der Waals surface area contributed by atoms with Crippen molar-refractivity contribution in [1.29, 1.82) is 0 Å². The average Bonchev–Trinajstić information content (AvgIpc) is 2.45. The standard InChI is InChI=1S/C12H17FN2O5S/c1-15(7-6-12(16)20-3)21(17,18)14-9-4-5-10(13)11(8-9)19-2/h4-5,8,14H,6-7H2,1-3H3. The third-order valence-electron chi connectivity index (χ3n) is 2.67. The molecule has 0 amide bonds. The lowest BCUT2D eigenvalue weighted by molar-refractivity contribution is -0.140. The molecule has 1 aromatic rings. The lowest BCUT2D eigenvalue weighted by Crippen LogP contribution is -2.34. The second kappa shape index (κ2) is 7.23. The van der Waals surface area contributed by atoms with E-state index >= 15 is 0 Å². The van der Waals surface area contributed by atoms with Gasteiger partial charge in [-0.25, -0.2) is 4.39 Å². The summed E-state index contributed by atoms with van der Waals surface area (Å²) in [5.74, 6) is -1.19. The van der Waals surface area contributed by atoms with Crippen molar-refractivity contribution in [2.45, 2.75) is 6.42 Å². The van der Waals surface area contributed by atoms with Crippen LogP contribution < -0.4 is 9.46 Å². The fourth-order valence-electron chi connectivity index (χ4n) is 1.42. The highest BCUT2D eigenvalue weighted by atomic mass is 32.2. The molecule has 0 fully saturated rings. The number of benzene rings is 1. The van der Waals surface area contributed by atoms with Gasteiger partial charge in [0.25, 0.3) is 0 Å². The van der Waals surface area contributed by atoms with E-state index in [4.69, 9.17) is 4.74 Å². The molecule has 0 bridgehead atoms. The molecule has 0 saturated carbocycles. The average molecular weight is 320 g/mol. The molecule has 0 saturated heterocycles. The monoisotopic (exact) mass is 320 g/mol. The summed E-state index contributed by atoms with van der Waals surface area (Å²) in [5.41, 5.74) is 0.151. The third-order valence-corrected chi connectivity index (χ3v) is 4.16. The van der Waals surface area contributed by atoms with Gasteiger partial charge in [0.1, 0.15) is 0 Å². The number of nitrogens with zero attached hydrogens (tertiary/aromatic N) is 1. The number of rotatable bonds is 7. The van der Waals surface area contributed by atoms with E-state index in [1.54, 1.807) is 0 Å². The lowest BCUT2D eigenvalue weighted by Gasteiger charge is -2.18. The predicted octanol–water partition coefficient (Wildman–Crippen LogP) is 0.986. The van der Waals surface area contributed by atoms with Crippen LogP contribution in [0.2, 0.25) is 0 Å². The zero-order chi connectivity index (χ0) is 16.0. The van der Waals surface area contributed by atoms with Crippen molar-refractivity contribution in [1.82, 2.24) is 4.31 Å². The maximum absolute atomic E-state index is 13.2. The van der Waals surface area contributed by atoms with E-state index in [9.17, 15) is 17.6 Å². The van der Waals surface area contributed by atoms with Crippen LogP contribution in [0.4, 0.5) is 10.1 Å². The summed E-state index contributed by atoms with van der Waals surface area (Å²) in [7, 11) is -0.0469. The molecule has 0 atom stereocenters. The first-order chi connectivity index (χ1) is 9.80. The van der Waals surface area contributed by atoms with Gasteiger partial charge in [-0.3, -0.25) is 9.52 Å². The number of esters is 1. The van der Waals surface area contributed by atoms with Crippen molar-refractivity contribution in [3.63, 3.8) is 0 Å². The van der Waals surface area contributed by atoms with Gasteiger partial charge in [-0.05, 0) is 12.1 Å². The van der Waals surface area contributed by atoms with Gasteiger partial charge in [-0.15, -0.1) is 0 Å². The van der Waals surface area contributed by atoms with Gasteiger partial charge in [0.05, 0.1) is 26.3 Å². The summed E-state index contributed by atoms with van der Waals surface area (Å²) >= 11 is 0. The molecule has 0 radical (unpaired) electrons. The second-order valence-electron chi connectivity index (χ2n) is 4.10. The van der Waals surface area contributed by atoms with Crippen LogP contribution >= 0.6 is 0 Å². The molecule has 1 N–H and O–H groups in total. The third kappa shape index (κ3) is 4.87. The van der Waals surface area contributed by atoms with Gasteiger partial charge in [0, 0.05) is 19.7 Å². The molecule has 1 aromatic carbocycles. The van der Waals surface area contributed by atoms with Crippen molar-refractivity contribution in [3.8, 4) is 5.75 Å². The van der Waals surface area contributed by atoms with E-state index in [-0.39, 0.29) is 24.4 Å². The largest absolute Gasteiger partial charge is 0.494 e. The molecule has 21 heavy (non-hydrogen) atoms. The van der Waals surface area contributed by atoms with Crippen LogP contribution in [0.1, 0.15) is 6.42 Å². The minimum atomic E-state index is -3.86. The smallest absolute Gasteiger partial charge is 0.306 e. The first kappa shape index (κ1) is 17.2. The van der Waals surface area contributed by atoms with Crippen LogP contribution in [-0.2, 0) is 19.7 Å². The molecule has 0 heterocycles. The highest BCUT2D eigenvalue weighted by Crippen LogP contribution is 2.22. The van der Waals surface area contributed by atoms with Gasteiger partial charge < -0.3 is 9.47 Å². The molecule has 0 aliphatic rings. The summed E-state index contributed by atoms with van der Waals surface area (Å²) in [5, 5.41) is 0. The van der Waals surface area contributed by atoms with Gasteiger partial charge >= 0.3 is 16.2 Å². The number of carbonyl (C=O) groups is 1. The summed E-state index contributed by atoms with van der Waals surface area (Å²) in [6.07, 6.45) is -0.0688. The fourth-order valence-corrected chi connectivity index (χ4v) is 2.33. The van der Waals surface area contributed by atoms with E-state index in [0.717, 1.165) is 10.4 Å². The molecule has 0 aliphatic carbocycles. The second-order valence-corrected chi connectivity index (χ2v) is 5.88. The Balaban J connectivity index is 2.77. The van der Waals surface area contributed by atoms with Crippen LogP contribution in [-0.4, -0.2) is 46.5 Å². The minimum Gasteiger partial charge on any atom is -0.494 e. The summed E-state index contributed by atoms with van der Waals surface area (Å²) in [6, 6.07) is 3.58. The van der Waals surface area contributed by atoms with Crippen LogP contribution in [0.15, 0.2) is 18.2 Å². The number of ether oxygens (including phenoxy) is 2. The van der Waals surface area contributed by atoms with Crippen molar-refractivity contribution >= 4 is 21.9 Å². The number of hydrogen-bond donors (Lipinski definition) is 1. The summed E-state index contributed by atoms with van der Waals surface area (Å²) in [4.78, 5) is 11.0.